The van der Waals surface area contributed by atoms with Gasteiger partial charge in [-0.05, 0) is 25.0 Å². The molecule has 0 radical (unpaired) electrons. The predicted octanol–water partition coefficient (Wildman–Crippen LogP) is 2.57. The summed E-state index contributed by atoms with van der Waals surface area (Å²) in [7, 11) is 0. The van der Waals surface area contributed by atoms with Crippen LogP contribution in [-0.4, -0.2) is 22.7 Å². The molecule has 104 valence electrons. The maximum atomic E-state index is 12.9. The number of carbonyl (C=O) groups is 1. The summed E-state index contributed by atoms with van der Waals surface area (Å²) in [6, 6.07) is 5.65. The second-order valence-corrected chi connectivity index (χ2v) is 5.52. The van der Waals surface area contributed by atoms with E-state index in [9.17, 15) is 9.18 Å². The highest BCUT2D eigenvalue weighted by Gasteiger charge is 2.27. The van der Waals surface area contributed by atoms with Crippen molar-refractivity contribution in [2.45, 2.75) is 18.8 Å². The number of nitrogens with one attached hydrogen (secondary N) is 1. The Morgan fingerprint density at radius 1 is 1.45 bits per heavy atom. The molecule has 1 heterocycles. The van der Waals surface area contributed by atoms with Crippen molar-refractivity contribution in [3.05, 3.63) is 35.1 Å². The molecule has 0 atom stereocenters. The smallest absolute Gasteiger partial charge is 0.264 e. The molecule has 1 saturated carbocycles. The van der Waals surface area contributed by atoms with Gasteiger partial charge in [-0.15, -0.1) is 10.2 Å². The zero-order valence-corrected chi connectivity index (χ0v) is 11.3. The summed E-state index contributed by atoms with van der Waals surface area (Å²) >= 11 is 1.39. The van der Waals surface area contributed by atoms with E-state index in [0.29, 0.717) is 16.8 Å². The molecule has 1 amide bonds. The van der Waals surface area contributed by atoms with Gasteiger partial charge in [0, 0.05) is 12.0 Å². The highest BCUT2D eigenvalue weighted by atomic mass is 32.1. The number of carbonyl (C=O) groups excluding carboxylic acids is 1. The molecule has 1 aliphatic carbocycles. The van der Waals surface area contributed by atoms with Gasteiger partial charge in [-0.25, -0.2) is 4.39 Å². The Hall–Kier alpha value is -2.02. The Bertz CT molecular complexity index is 628. The van der Waals surface area contributed by atoms with E-state index in [1.807, 2.05) is 0 Å². The number of benzene rings is 1. The number of halogens is 1. The number of rotatable bonds is 5. The molecule has 7 heteroatoms. The van der Waals surface area contributed by atoms with Crippen LogP contribution < -0.4 is 10.1 Å². The van der Waals surface area contributed by atoms with Gasteiger partial charge in [-0.1, -0.05) is 17.4 Å². The minimum atomic E-state index is -0.402. The Morgan fingerprint density at radius 2 is 2.30 bits per heavy atom. The number of hydrogen-bond donors (Lipinski definition) is 1. The van der Waals surface area contributed by atoms with E-state index in [4.69, 9.17) is 4.74 Å². The van der Waals surface area contributed by atoms with Crippen LogP contribution in [0.4, 0.5) is 9.52 Å². The molecule has 1 aromatic carbocycles. The molecular formula is C13H12FN3O2S. The fourth-order valence-electron chi connectivity index (χ4n) is 1.64. The standard InChI is InChI=1S/C13H12FN3O2S/c14-9-2-1-3-10(6-9)19-7-11(18)15-13-17-16-12(20-13)8-4-5-8/h1-3,6,8H,4-5,7H2,(H,15,17,18). The third kappa shape index (κ3) is 3.30. The Morgan fingerprint density at radius 3 is 3.05 bits per heavy atom. The van der Waals surface area contributed by atoms with E-state index in [1.54, 1.807) is 6.07 Å². The highest BCUT2D eigenvalue weighted by molar-refractivity contribution is 7.15. The van der Waals surface area contributed by atoms with E-state index in [0.717, 1.165) is 17.8 Å². The molecule has 3 rings (SSSR count). The summed E-state index contributed by atoms with van der Waals surface area (Å²) < 4.78 is 18.1. The molecule has 0 spiro atoms. The van der Waals surface area contributed by atoms with Crippen LogP contribution in [0.5, 0.6) is 5.75 Å². The van der Waals surface area contributed by atoms with Crippen LogP contribution in [0, 0.1) is 5.82 Å². The van der Waals surface area contributed by atoms with Gasteiger partial charge in [0.05, 0.1) is 0 Å². The van der Waals surface area contributed by atoms with Gasteiger partial charge in [0.25, 0.3) is 5.91 Å². The molecule has 0 bridgehead atoms. The zero-order chi connectivity index (χ0) is 13.9. The van der Waals surface area contributed by atoms with Crippen molar-refractivity contribution in [2.24, 2.45) is 0 Å². The number of aromatic nitrogens is 2. The van der Waals surface area contributed by atoms with E-state index in [1.165, 1.54) is 29.5 Å². The minimum Gasteiger partial charge on any atom is -0.484 e. The third-order valence-electron chi connectivity index (χ3n) is 2.78. The molecule has 1 aromatic heterocycles. The lowest BCUT2D eigenvalue weighted by atomic mass is 10.3. The number of nitrogens with zero attached hydrogens (tertiary/aromatic N) is 2. The van der Waals surface area contributed by atoms with Crippen molar-refractivity contribution in [2.75, 3.05) is 11.9 Å². The van der Waals surface area contributed by atoms with E-state index >= 15 is 0 Å². The molecule has 0 unspecified atom stereocenters. The van der Waals surface area contributed by atoms with Gasteiger partial charge in [-0.2, -0.15) is 0 Å². The molecule has 1 fully saturated rings. The molecule has 0 saturated heterocycles. The van der Waals surface area contributed by atoms with Crippen molar-refractivity contribution in [3.8, 4) is 5.75 Å². The molecule has 20 heavy (non-hydrogen) atoms. The van der Waals surface area contributed by atoms with Crippen molar-refractivity contribution < 1.29 is 13.9 Å². The van der Waals surface area contributed by atoms with Gasteiger partial charge in [-0.3, -0.25) is 10.1 Å². The van der Waals surface area contributed by atoms with Crippen molar-refractivity contribution in [1.82, 2.24) is 10.2 Å². The maximum absolute atomic E-state index is 12.9. The van der Waals surface area contributed by atoms with E-state index in [2.05, 4.69) is 15.5 Å². The number of anilines is 1. The lowest BCUT2D eigenvalue weighted by Gasteiger charge is -2.05. The average Bonchev–Trinajstić information content (AvgIpc) is 3.18. The maximum Gasteiger partial charge on any atom is 0.264 e. The van der Waals surface area contributed by atoms with Crippen molar-refractivity contribution in [3.63, 3.8) is 0 Å². The van der Waals surface area contributed by atoms with Crippen molar-refractivity contribution >= 4 is 22.4 Å². The molecule has 1 N–H and O–H groups in total. The Balaban J connectivity index is 1.51. The number of amides is 1. The van der Waals surface area contributed by atoms with Crippen LogP contribution in [0.1, 0.15) is 23.8 Å². The monoisotopic (exact) mass is 293 g/mol. The topological polar surface area (TPSA) is 64.1 Å². The van der Waals surface area contributed by atoms with Crippen LogP contribution >= 0.6 is 11.3 Å². The van der Waals surface area contributed by atoms with Gasteiger partial charge < -0.3 is 4.74 Å². The first kappa shape index (κ1) is 13.0. The molecular weight excluding hydrogens is 281 g/mol. The second kappa shape index (κ2) is 5.54. The number of ether oxygens (including phenoxy) is 1. The lowest BCUT2D eigenvalue weighted by molar-refractivity contribution is -0.118. The fraction of sp³-hybridized carbons (Fsp3) is 0.308. The first-order chi connectivity index (χ1) is 9.70. The van der Waals surface area contributed by atoms with Crippen LogP contribution in [-0.2, 0) is 4.79 Å². The van der Waals surface area contributed by atoms with Gasteiger partial charge in [0.15, 0.2) is 6.61 Å². The van der Waals surface area contributed by atoms with E-state index in [-0.39, 0.29) is 12.5 Å². The van der Waals surface area contributed by atoms with Gasteiger partial charge in [0.2, 0.25) is 5.13 Å². The van der Waals surface area contributed by atoms with E-state index < -0.39 is 5.82 Å². The third-order valence-corrected chi connectivity index (χ3v) is 3.78. The molecule has 0 aliphatic heterocycles. The summed E-state index contributed by atoms with van der Waals surface area (Å²) in [5, 5.41) is 12.0. The van der Waals surface area contributed by atoms with Gasteiger partial charge >= 0.3 is 0 Å². The van der Waals surface area contributed by atoms with Crippen LogP contribution in [0.2, 0.25) is 0 Å². The first-order valence-corrected chi connectivity index (χ1v) is 7.04. The lowest BCUT2D eigenvalue weighted by Crippen LogP contribution is -2.20. The van der Waals surface area contributed by atoms with Crippen LogP contribution in [0.15, 0.2) is 24.3 Å². The molecule has 5 nitrogen and oxygen atoms in total. The molecule has 2 aromatic rings. The van der Waals surface area contributed by atoms with Gasteiger partial charge in [0.1, 0.15) is 16.6 Å². The van der Waals surface area contributed by atoms with Crippen LogP contribution in [0.25, 0.3) is 0 Å². The summed E-state index contributed by atoms with van der Waals surface area (Å²) in [5.74, 6) is 0.0895. The second-order valence-electron chi connectivity index (χ2n) is 4.51. The SMILES string of the molecule is O=C(COc1cccc(F)c1)Nc1nnc(C2CC2)s1. The number of hydrogen-bond acceptors (Lipinski definition) is 5. The average molecular weight is 293 g/mol. The van der Waals surface area contributed by atoms with Crippen LogP contribution in [0.3, 0.4) is 0 Å². The zero-order valence-electron chi connectivity index (χ0n) is 10.5. The summed E-state index contributed by atoms with van der Waals surface area (Å²) in [6.45, 7) is -0.193. The Labute approximate surface area is 118 Å². The normalized spacial score (nSPS) is 14.1. The first-order valence-electron chi connectivity index (χ1n) is 6.22. The molecule has 1 aliphatic rings. The largest absolute Gasteiger partial charge is 0.484 e. The fourth-order valence-corrected chi connectivity index (χ4v) is 2.57. The highest BCUT2D eigenvalue weighted by Crippen LogP contribution is 2.41. The summed E-state index contributed by atoms with van der Waals surface area (Å²) in [6.07, 6.45) is 2.29. The Kier molecular flexibility index (Phi) is 3.60. The summed E-state index contributed by atoms with van der Waals surface area (Å²) in [5.41, 5.74) is 0. The predicted molar refractivity (Wildman–Crippen MR) is 72.4 cm³/mol. The minimum absolute atomic E-state index is 0.193. The van der Waals surface area contributed by atoms with Crippen molar-refractivity contribution in [1.29, 1.82) is 0 Å². The summed E-state index contributed by atoms with van der Waals surface area (Å²) in [4.78, 5) is 11.7. The quantitative estimate of drug-likeness (QED) is 0.920.